The number of pyridine rings is 1. The molecule has 0 unspecified atom stereocenters. The van der Waals surface area contributed by atoms with Crippen LogP contribution >= 0.6 is 0 Å². The zero-order valence-corrected chi connectivity index (χ0v) is 9.18. The number of carbonyl (C=O) groups excluding carboxylic acids is 1. The number of rotatable bonds is 3. The molecule has 2 aromatic rings. The lowest BCUT2D eigenvalue weighted by Crippen LogP contribution is -2.07. The lowest BCUT2D eigenvalue weighted by Gasteiger charge is -2.08. The lowest BCUT2D eigenvalue weighted by atomic mass is 10.0. The highest BCUT2D eigenvalue weighted by Crippen LogP contribution is 2.27. The molecule has 0 amide bonds. The van der Waals surface area contributed by atoms with Crippen molar-refractivity contribution in [1.82, 2.24) is 4.98 Å². The van der Waals surface area contributed by atoms with Gasteiger partial charge in [-0.1, -0.05) is 6.07 Å². The monoisotopic (exact) mass is 249 g/mol. The van der Waals surface area contributed by atoms with Crippen LogP contribution in [-0.2, 0) is 0 Å². The van der Waals surface area contributed by atoms with Gasteiger partial charge in [0.15, 0.2) is 0 Å². The molecule has 92 valence electrons. The predicted octanol–water partition coefficient (Wildman–Crippen LogP) is 2.96. The molecule has 0 saturated carbocycles. The van der Waals surface area contributed by atoms with E-state index in [1.807, 2.05) is 0 Å². The Morgan fingerprint density at radius 3 is 2.61 bits per heavy atom. The molecular formula is C13H9F2NO2. The van der Waals surface area contributed by atoms with Crippen LogP contribution in [0.1, 0.15) is 28.0 Å². The Labute approximate surface area is 102 Å². The van der Waals surface area contributed by atoms with Gasteiger partial charge in [-0.15, -0.1) is 0 Å². The van der Waals surface area contributed by atoms with Gasteiger partial charge in [0.1, 0.15) is 11.4 Å². The number of phenols is 1. The molecule has 0 atom stereocenters. The van der Waals surface area contributed by atoms with Gasteiger partial charge in [-0.25, -0.2) is 8.78 Å². The molecule has 2 rings (SSSR count). The molecule has 0 aliphatic rings. The fourth-order valence-electron chi connectivity index (χ4n) is 1.57. The molecule has 1 aromatic heterocycles. The lowest BCUT2D eigenvalue weighted by molar-refractivity contribution is 0.101. The minimum atomic E-state index is -2.78. The average Bonchev–Trinajstić information content (AvgIpc) is 2.38. The zero-order chi connectivity index (χ0) is 13.1. The van der Waals surface area contributed by atoms with Crippen LogP contribution in [0.15, 0.2) is 42.6 Å². The Morgan fingerprint density at radius 2 is 2.00 bits per heavy atom. The minimum Gasteiger partial charge on any atom is -0.508 e. The number of aromatic nitrogens is 1. The number of benzene rings is 1. The Bertz CT molecular complexity index is 570. The van der Waals surface area contributed by atoms with Gasteiger partial charge in [-0.3, -0.25) is 9.78 Å². The van der Waals surface area contributed by atoms with Gasteiger partial charge in [-0.05, 0) is 30.3 Å². The molecular weight excluding hydrogens is 240 g/mol. The Kier molecular flexibility index (Phi) is 3.32. The van der Waals surface area contributed by atoms with E-state index in [4.69, 9.17) is 0 Å². The molecule has 5 heteroatoms. The van der Waals surface area contributed by atoms with Crippen molar-refractivity contribution in [2.24, 2.45) is 0 Å². The number of nitrogens with zero attached hydrogens (tertiary/aromatic N) is 1. The van der Waals surface area contributed by atoms with E-state index >= 15 is 0 Å². The quantitative estimate of drug-likeness (QED) is 0.851. The maximum Gasteiger partial charge on any atom is 0.264 e. The molecule has 0 spiro atoms. The summed E-state index contributed by atoms with van der Waals surface area (Å²) in [5.74, 6) is -0.875. The van der Waals surface area contributed by atoms with Crippen LogP contribution in [0.4, 0.5) is 8.78 Å². The molecule has 1 heterocycles. The third-order valence-corrected chi connectivity index (χ3v) is 2.41. The van der Waals surface area contributed by atoms with Crippen LogP contribution < -0.4 is 0 Å². The van der Waals surface area contributed by atoms with Gasteiger partial charge in [-0.2, -0.15) is 0 Å². The summed E-state index contributed by atoms with van der Waals surface area (Å²) in [5.41, 5.74) is -0.586. The van der Waals surface area contributed by atoms with E-state index in [2.05, 4.69) is 4.98 Å². The summed E-state index contributed by atoms with van der Waals surface area (Å²) < 4.78 is 25.6. The van der Waals surface area contributed by atoms with Crippen molar-refractivity contribution in [1.29, 1.82) is 0 Å². The highest BCUT2D eigenvalue weighted by atomic mass is 19.3. The Hall–Kier alpha value is -2.30. The number of halogens is 2. The molecule has 3 nitrogen and oxygen atoms in total. The average molecular weight is 249 g/mol. The first-order valence-corrected chi connectivity index (χ1v) is 5.16. The van der Waals surface area contributed by atoms with Crippen molar-refractivity contribution >= 4 is 5.78 Å². The SMILES string of the molecule is O=C(c1ccccn1)c1cc(O)ccc1C(F)F. The van der Waals surface area contributed by atoms with Crippen LogP contribution in [0.3, 0.4) is 0 Å². The van der Waals surface area contributed by atoms with Crippen molar-refractivity contribution in [3.8, 4) is 5.75 Å². The maximum atomic E-state index is 12.8. The standard InChI is InChI=1S/C13H9F2NO2/c14-13(15)9-5-4-8(17)7-10(9)12(18)11-3-1-2-6-16-11/h1-7,13,17H. The van der Waals surface area contributed by atoms with Gasteiger partial charge in [0.2, 0.25) is 5.78 Å². The number of alkyl halides is 2. The Balaban J connectivity index is 2.50. The van der Waals surface area contributed by atoms with Crippen LogP contribution in [0.2, 0.25) is 0 Å². The third-order valence-electron chi connectivity index (χ3n) is 2.41. The van der Waals surface area contributed by atoms with Gasteiger partial charge in [0, 0.05) is 17.3 Å². The van der Waals surface area contributed by atoms with Gasteiger partial charge < -0.3 is 5.11 Å². The third kappa shape index (κ3) is 2.34. The minimum absolute atomic E-state index is 0.0602. The van der Waals surface area contributed by atoms with Crippen LogP contribution in [-0.4, -0.2) is 15.9 Å². The summed E-state index contributed by atoms with van der Waals surface area (Å²) in [5, 5.41) is 9.30. The molecule has 0 bridgehead atoms. The summed E-state index contributed by atoms with van der Waals surface area (Å²) >= 11 is 0. The molecule has 0 aliphatic carbocycles. The summed E-state index contributed by atoms with van der Waals surface area (Å²) in [6, 6.07) is 7.82. The summed E-state index contributed by atoms with van der Waals surface area (Å²) in [7, 11) is 0. The van der Waals surface area contributed by atoms with E-state index in [-0.39, 0.29) is 17.0 Å². The largest absolute Gasteiger partial charge is 0.508 e. The van der Waals surface area contributed by atoms with Crippen molar-refractivity contribution in [2.75, 3.05) is 0 Å². The van der Waals surface area contributed by atoms with Crippen molar-refractivity contribution in [2.45, 2.75) is 6.43 Å². The van der Waals surface area contributed by atoms with E-state index in [0.29, 0.717) is 0 Å². The van der Waals surface area contributed by atoms with E-state index in [0.717, 1.165) is 18.2 Å². The first-order chi connectivity index (χ1) is 8.59. The first-order valence-electron chi connectivity index (χ1n) is 5.16. The van der Waals surface area contributed by atoms with E-state index < -0.39 is 17.8 Å². The van der Waals surface area contributed by atoms with Gasteiger partial charge in [0.25, 0.3) is 6.43 Å². The summed E-state index contributed by atoms with van der Waals surface area (Å²) in [4.78, 5) is 15.8. The second kappa shape index (κ2) is 4.91. The number of aromatic hydroxyl groups is 1. The van der Waals surface area contributed by atoms with Gasteiger partial charge in [0.05, 0.1) is 0 Å². The number of hydrogen-bond acceptors (Lipinski definition) is 3. The van der Waals surface area contributed by atoms with Crippen molar-refractivity contribution in [3.05, 3.63) is 59.4 Å². The van der Waals surface area contributed by atoms with E-state index in [1.165, 1.54) is 12.3 Å². The first kappa shape index (κ1) is 12.2. The van der Waals surface area contributed by atoms with Crippen LogP contribution in [0.5, 0.6) is 5.75 Å². The summed E-state index contributed by atoms with van der Waals surface area (Å²) in [6.07, 6.45) is -1.38. The zero-order valence-electron chi connectivity index (χ0n) is 9.18. The molecule has 1 aromatic carbocycles. The van der Waals surface area contributed by atoms with Gasteiger partial charge >= 0.3 is 0 Å². The molecule has 18 heavy (non-hydrogen) atoms. The number of ketones is 1. The molecule has 0 fully saturated rings. The van der Waals surface area contributed by atoms with Crippen molar-refractivity contribution < 1.29 is 18.7 Å². The van der Waals surface area contributed by atoms with Crippen molar-refractivity contribution in [3.63, 3.8) is 0 Å². The highest BCUT2D eigenvalue weighted by molar-refractivity contribution is 6.08. The maximum absolute atomic E-state index is 12.8. The molecule has 0 aliphatic heterocycles. The predicted molar refractivity (Wildman–Crippen MR) is 60.7 cm³/mol. The van der Waals surface area contributed by atoms with Crippen LogP contribution in [0, 0.1) is 0 Å². The summed E-state index contributed by atoms with van der Waals surface area (Å²) in [6.45, 7) is 0. The fourth-order valence-corrected chi connectivity index (χ4v) is 1.57. The van der Waals surface area contributed by atoms with Crippen LogP contribution in [0.25, 0.3) is 0 Å². The molecule has 0 saturated heterocycles. The number of carbonyl (C=O) groups is 1. The molecule has 1 N–H and O–H groups in total. The smallest absolute Gasteiger partial charge is 0.264 e. The number of hydrogen-bond donors (Lipinski definition) is 1. The fraction of sp³-hybridized carbons (Fsp3) is 0.0769. The number of phenolic OH excluding ortho intramolecular Hbond substituents is 1. The Morgan fingerprint density at radius 1 is 1.22 bits per heavy atom. The second-order valence-electron chi connectivity index (χ2n) is 3.62. The highest BCUT2D eigenvalue weighted by Gasteiger charge is 2.20. The van der Waals surface area contributed by atoms with E-state index in [9.17, 15) is 18.7 Å². The normalized spacial score (nSPS) is 10.6. The van der Waals surface area contributed by atoms with E-state index in [1.54, 1.807) is 12.1 Å². The topological polar surface area (TPSA) is 50.2 Å². The molecule has 0 radical (unpaired) electrons. The second-order valence-corrected chi connectivity index (χ2v) is 3.62.